The second-order valence-electron chi connectivity index (χ2n) is 3.45. The van der Waals surface area contributed by atoms with Crippen molar-refractivity contribution in [2.24, 2.45) is 0 Å². The van der Waals surface area contributed by atoms with Crippen molar-refractivity contribution in [3.05, 3.63) is 52.0 Å². The maximum absolute atomic E-state index is 4.26. The highest BCUT2D eigenvalue weighted by atomic mass is 35.5. The molecular formula is C12H16Cl2N2S. The van der Waals surface area contributed by atoms with Crippen molar-refractivity contribution >= 4 is 36.2 Å². The predicted molar refractivity (Wildman–Crippen MR) is 78.3 cm³/mol. The molecule has 5 heteroatoms. The van der Waals surface area contributed by atoms with Gasteiger partial charge in [-0.3, -0.25) is 4.98 Å². The molecule has 0 bridgehead atoms. The summed E-state index contributed by atoms with van der Waals surface area (Å²) in [6.45, 7) is 3.91. The zero-order valence-electron chi connectivity index (χ0n) is 9.55. The molecule has 2 heterocycles. The van der Waals surface area contributed by atoms with Gasteiger partial charge in [0.25, 0.3) is 0 Å². The van der Waals surface area contributed by atoms with E-state index in [0.717, 1.165) is 18.8 Å². The van der Waals surface area contributed by atoms with Gasteiger partial charge < -0.3 is 5.32 Å². The van der Waals surface area contributed by atoms with Crippen molar-refractivity contribution in [2.75, 3.05) is 0 Å². The van der Waals surface area contributed by atoms with Gasteiger partial charge in [-0.25, -0.2) is 0 Å². The van der Waals surface area contributed by atoms with Crippen LogP contribution in [0.4, 0.5) is 0 Å². The summed E-state index contributed by atoms with van der Waals surface area (Å²) < 4.78 is 0. The minimum atomic E-state index is 0. The van der Waals surface area contributed by atoms with Crippen molar-refractivity contribution in [1.82, 2.24) is 10.3 Å². The van der Waals surface area contributed by atoms with Gasteiger partial charge in [-0.1, -0.05) is 6.07 Å². The molecule has 2 nitrogen and oxygen atoms in total. The number of pyridine rings is 1. The Balaban J connectivity index is 0.00000128. The molecule has 2 aromatic heterocycles. The number of nitrogens with zero attached hydrogens (tertiary/aromatic N) is 1. The van der Waals surface area contributed by atoms with Gasteiger partial charge in [0.15, 0.2) is 0 Å². The Bertz CT molecular complexity index is 417. The fourth-order valence-electron chi connectivity index (χ4n) is 1.39. The molecule has 0 aliphatic rings. The van der Waals surface area contributed by atoms with Crippen LogP contribution >= 0.6 is 36.2 Å². The minimum absolute atomic E-state index is 0. The molecule has 0 spiro atoms. The van der Waals surface area contributed by atoms with Crippen LogP contribution in [0.25, 0.3) is 0 Å². The van der Waals surface area contributed by atoms with Crippen LogP contribution in [0.5, 0.6) is 0 Å². The molecule has 0 fully saturated rings. The molecule has 0 radical (unpaired) electrons. The van der Waals surface area contributed by atoms with E-state index < -0.39 is 0 Å². The number of hydrogen-bond acceptors (Lipinski definition) is 3. The topological polar surface area (TPSA) is 24.9 Å². The molecule has 2 aromatic rings. The van der Waals surface area contributed by atoms with Crippen molar-refractivity contribution in [2.45, 2.75) is 20.0 Å². The summed E-state index contributed by atoms with van der Waals surface area (Å²) >= 11 is 1.80. The molecule has 0 saturated heterocycles. The first-order chi connectivity index (χ1) is 7.36. The van der Waals surface area contributed by atoms with E-state index in [0.29, 0.717) is 0 Å². The van der Waals surface area contributed by atoms with Gasteiger partial charge in [0.2, 0.25) is 0 Å². The van der Waals surface area contributed by atoms with Crippen molar-refractivity contribution in [3.8, 4) is 0 Å². The fourth-order valence-corrected chi connectivity index (χ4v) is 2.27. The zero-order chi connectivity index (χ0) is 10.5. The van der Waals surface area contributed by atoms with Crippen LogP contribution in [0.2, 0.25) is 0 Å². The minimum Gasteiger partial charge on any atom is -0.306 e. The van der Waals surface area contributed by atoms with Gasteiger partial charge in [0, 0.05) is 24.2 Å². The molecule has 0 amide bonds. The monoisotopic (exact) mass is 290 g/mol. The molecule has 94 valence electrons. The van der Waals surface area contributed by atoms with E-state index in [1.807, 2.05) is 24.4 Å². The van der Waals surface area contributed by atoms with Gasteiger partial charge in [0.05, 0.1) is 5.69 Å². The normalized spacial score (nSPS) is 9.24. The SMILES string of the molecule is Cc1ccsc1CNCc1ccccn1.Cl.Cl. The standard InChI is InChI=1S/C12H14N2S.2ClH/c1-10-5-7-15-12(10)9-13-8-11-4-2-3-6-14-11;;/h2-7,13H,8-9H2,1H3;2*1H. The third-order valence-electron chi connectivity index (χ3n) is 2.29. The van der Waals surface area contributed by atoms with Crippen LogP contribution in [-0.4, -0.2) is 4.98 Å². The molecule has 17 heavy (non-hydrogen) atoms. The quantitative estimate of drug-likeness (QED) is 0.931. The average Bonchev–Trinajstić information content (AvgIpc) is 2.66. The second-order valence-corrected chi connectivity index (χ2v) is 4.45. The Hall–Kier alpha value is -0.610. The third-order valence-corrected chi connectivity index (χ3v) is 3.31. The number of rotatable bonds is 4. The van der Waals surface area contributed by atoms with E-state index in [9.17, 15) is 0 Å². The Morgan fingerprint density at radius 2 is 2.00 bits per heavy atom. The lowest BCUT2D eigenvalue weighted by molar-refractivity contribution is 0.684. The third kappa shape index (κ3) is 5.04. The van der Waals surface area contributed by atoms with Crippen molar-refractivity contribution in [3.63, 3.8) is 0 Å². The van der Waals surface area contributed by atoms with Gasteiger partial charge in [-0.15, -0.1) is 36.2 Å². The maximum Gasteiger partial charge on any atom is 0.0541 e. The van der Waals surface area contributed by atoms with Crippen LogP contribution in [0.3, 0.4) is 0 Å². The molecule has 0 unspecified atom stereocenters. The average molecular weight is 291 g/mol. The van der Waals surface area contributed by atoms with Crippen molar-refractivity contribution in [1.29, 1.82) is 0 Å². The van der Waals surface area contributed by atoms with Crippen LogP contribution < -0.4 is 5.32 Å². The van der Waals surface area contributed by atoms with Crippen LogP contribution in [0.1, 0.15) is 16.1 Å². The summed E-state index contributed by atoms with van der Waals surface area (Å²) in [4.78, 5) is 5.67. The van der Waals surface area contributed by atoms with E-state index in [1.54, 1.807) is 11.3 Å². The molecule has 1 N–H and O–H groups in total. The summed E-state index contributed by atoms with van der Waals surface area (Å²) in [5.74, 6) is 0. The summed E-state index contributed by atoms with van der Waals surface area (Å²) in [6, 6.07) is 8.14. The van der Waals surface area contributed by atoms with Gasteiger partial charge >= 0.3 is 0 Å². The number of aryl methyl sites for hydroxylation is 1. The van der Waals surface area contributed by atoms with Gasteiger partial charge in [0.1, 0.15) is 0 Å². The molecular weight excluding hydrogens is 275 g/mol. The first kappa shape index (κ1) is 16.4. The number of halogens is 2. The Kier molecular flexibility index (Phi) is 8.17. The number of hydrogen-bond donors (Lipinski definition) is 1. The molecule has 0 aliphatic carbocycles. The fraction of sp³-hybridized carbons (Fsp3) is 0.250. The molecule has 0 aliphatic heterocycles. The maximum atomic E-state index is 4.26. The summed E-state index contributed by atoms with van der Waals surface area (Å²) in [5.41, 5.74) is 2.46. The molecule has 0 saturated carbocycles. The molecule has 0 aromatic carbocycles. The van der Waals surface area contributed by atoms with E-state index in [1.165, 1.54) is 10.4 Å². The summed E-state index contributed by atoms with van der Waals surface area (Å²) in [5, 5.41) is 5.52. The molecule has 0 atom stereocenters. The smallest absolute Gasteiger partial charge is 0.0541 e. The predicted octanol–water partition coefficient (Wildman–Crippen LogP) is 3.58. The second kappa shape index (κ2) is 8.48. The lowest BCUT2D eigenvalue weighted by atomic mass is 10.3. The lowest BCUT2D eigenvalue weighted by Gasteiger charge is -2.03. The van der Waals surface area contributed by atoms with E-state index in [2.05, 4.69) is 28.7 Å². The first-order valence-corrected chi connectivity index (χ1v) is 5.88. The Labute approximate surface area is 118 Å². The van der Waals surface area contributed by atoms with E-state index in [-0.39, 0.29) is 24.8 Å². The highest BCUT2D eigenvalue weighted by Crippen LogP contribution is 2.14. The molecule has 2 rings (SSSR count). The lowest BCUT2D eigenvalue weighted by Crippen LogP contribution is -2.13. The van der Waals surface area contributed by atoms with E-state index >= 15 is 0 Å². The number of nitrogens with one attached hydrogen (secondary N) is 1. The van der Waals surface area contributed by atoms with Crippen LogP contribution in [0, 0.1) is 6.92 Å². The first-order valence-electron chi connectivity index (χ1n) is 5.00. The summed E-state index contributed by atoms with van der Waals surface area (Å²) in [7, 11) is 0. The summed E-state index contributed by atoms with van der Waals surface area (Å²) in [6.07, 6.45) is 1.83. The largest absolute Gasteiger partial charge is 0.306 e. The van der Waals surface area contributed by atoms with Gasteiger partial charge in [-0.05, 0) is 36.1 Å². The Morgan fingerprint density at radius 1 is 1.18 bits per heavy atom. The zero-order valence-corrected chi connectivity index (χ0v) is 12.0. The van der Waals surface area contributed by atoms with Crippen LogP contribution in [0.15, 0.2) is 35.8 Å². The van der Waals surface area contributed by atoms with Gasteiger partial charge in [-0.2, -0.15) is 0 Å². The van der Waals surface area contributed by atoms with E-state index in [4.69, 9.17) is 0 Å². The number of thiophene rings is 1. The highest BCUT2D eigenvalue weighted by Gasteiger charge is 1.99. The van der Waals surface area contributed by atoms with Crippen LogP contribution in [-0.2, 0) is 13.1 Å². The van der Waals surface area contributed by atoms with Crippen molar-refractivity contribution < 1.29 is 0 Å². The highest BCUT2D eigenvalue weighted by molar-refractivity contribution is 7.10. The Morgan fingerprint density at radius 3 is 2.59 bits per heavy atom. The number of aromatic nitrogens is 1.